The first-order valence-electron chi connectivity index (χ1n) is 5.38. The molecule has 0 aliphatic rings. The molecule has 0 saturated carbocycles. The van der Waals surface area contributed by atoms with E-state index in [9.17, 15) is 0 Å². The maximum Gasteiger partial charge on any atom is 0.162 e. The number of rotatable bonds is 1. The first-order chi connectivity index (χ1) is 8.75. The third kappa shape index (κ3) is 1.82. The van der Waals surface area contributed by atoms with Gasteiger partial charge in [-0.25, -0.2) is 9.97 Å². The summed E-state index contributed by atoms with van der Waals surface area (Å²) in [5.41, 5.74) is 7.64. The molecular formula is C13H9BrN4. The number of hydrogen-bond donors (Lipinski definition) is 1. The molecule has 0 fully saturated rings. The van der Waals surface area contributed by atoms with E-state index in [0.717, 1.165) is 16.5 Å². The summed E-state index contributed by atoms with van der Waals surface area (Å²) >= 11 is 3.29. The minimum Gasteiger partial charge on any atom is -0.383 e. The third-order valence-corrected chi connectivity index (χ3v) is 3.27. The highest BCUT2D eigenvalue weighted by Crippen LogP contribution is 2.26. The van der Waals surface area contributed by atoms with Crippen LogP contribution in [0.4, 0.5) is 5.82 Å². The molecule has 0 unspecified atom stereocenters. The lowest BCUT2D eigenvalue weighted by atomic mass is 10.1. The molecule has 2 aromatic heterocycles. The summed E-state index contributed by atoms with van der Waals surface area (Å²) in [5.74, 6) is 1.04. The van der Waals surface area contributed by atoms with E-state index in [0.29, 0.717) is 16.1 Å². The van der Waals surface area contributed by atoms with Gasteiger partial charge in [0.1, 0.15) is 5.82 Å². The molecule has 18 heavy (non-hydrogen) atoms. The Morgan fingerprint density at radius 3 is 2.72 bits per heavy atom. The average molecular weight is 301 g/mol. The van der Waals surface area contributed by atoms with Crippen molar-refractivity contribution in [3.8, 4) is 11.4 Å². The van der Waals surface area contributed by atoms with Gasteiger partial charge in [-0.1, -0.05) is 18.2 Å². The molecule has 5 heteroatoms. The lowest BCUT2D eigenvalue weighted by Gasteiger charge is -2.05. The van der Waals surface area contributed by atoms with Gasteiger partial charge < -0.3 is 5.73 Å². The van der Waals surface area contributed by atoms with Gasteiger partial charge in [0.2, 0.25) is 0 Å². The Morgan fingerprint density at radius 2 is 1.89 bits per heavy atom. The molecule has 4 nitrogen and oxygen atoms in total. The van der Waals surface area contributed by atoms with Crippen LogP contribution in [0.1, 0.15) is 0 Å². The van der Waals surface area contributed by atoms with E-state index in [1.807, 2.05) is 30.3 Å². The van der Waals surface area contributed by atoms with E-state index < -0.39 is 0 Å². The second kappa shape index (κ2) is 4.34. The van der Waals surface area contributed by atoms with Gasteiger partial charge in [0.05, 0.1) is 9.99 Å². The second-order valence-electron chi connectivity index (χ2n) is 3.80. The molecule has 0 radical (unpaired) electrons. The number of para-hydroxylation sites is 1. The van der Waals surface area contributed by atoms with Crippen molar-refractivity contribution in [1.82, 2.24) is 15.0 Å². The monoisotopic (exact) mass is 300 g/mol. The van der Waals surface area contributed by atoms with Crippen LogP contribution >= 0.6 is 15.9 Å². The Bertz CT molecular complexity index is 722. The number of halogens is 1. The molecule has 0 spiro atoms. The minimum atomic E-state index is 0.431. The van der Waals surface area contributed by atoms with Crippen LogP contribution in [0.5, 0.6) is 0 Å². The molecular weight excluding hydrogens is 292 g/mol. The Labute approximate surface area is 112 Å². The van der Waals surface area contributed by atoms with Crippen LogP contribution in [0.3, 0.4) is 0 Å². The minimum absolute atomic E-state index is 0.431. The largest absolute Gasteiger partial charge is 0.383 e. The van der Waals surface area contributed by atoms with Crippen LogP contribution < -0.4 is 5.73 Å². The molecule has 3 rings (SSSR count). The van der Waals surface area contributed by atoms with E-state index in [1.54, 1.807) is 12.4 Å². The number of aromatic nitrogens is 3. The fourth-order valence-electron chi connectivity index (χ4n) is 1.80. The van der Waals surface area contributed by atoms with Crippen molar-refractivity contribution in [2.75, 3.05) is 5.73 Å². The predicted molar refractivity (Wildman–Crippen MR) is 74.9 cm³/mol. The van der Waals surface area contributed by atoms with E-state index in [1.165, 1.54) is 0 Å². The molecule has 3 aromatic rings. The first kappa shape index (κ1) is 11.1. The summed E-state index contributed by atoms with van der Waals surface area (Å²) in [6.45, 7) is 0. The number of benzene rings is 1. The van der Waals surface area contributed by atoms with Gasteiger partial charge in [0.15, 0.2) is 5.82 Å². The highest BCUT2D eigenvalue weighted by Gasteiger charge is 2.08. The van der Waals surface area contributed by atoms with Crippen molar-refractivity contribution >= 4 is 32.7 Å². The van der Waals surface area contributed by atoms with Crippen LogP contribution in [0, 0.1) is 0 Å². The maximum absolute atomic E-state index is 5.79. The van der Waals surface area contributed by atoms with Crippen molar-refractivity contribution in [2.24, 2.45) is 0 Å². The lowest BCUT2D eigenvalue weighted by Crippen LogP contribution is -1.97. The van der Waals surface area contributed by atoms with Gasteiger partial charge in [0.25, 0.3) is 0 Å². The number of fused-ring (bicyclic) bond motifs is 1. The highest BCUT2D eigenvalue weighted by atomic mass is 79.9. The van der Waals surface area contributed by atoms with Crippen LogP contribution in [0.15, 0.2) is 47.2 Å². The zero-order chi connectivity index (χ0) is 12.5. The molecule has 0 aliphatic heterocycles. The number of hydrogen-bond acceptors (Lipinski definition) is 4. The van der Waals surface area contributed by atoms with Crippen molar-refractivity contribution in [3.63, 3.8) is 0 Å². The van der Waals surface area contributed by atoms with E-state index in [2.05, 4.69) is 30.9 Å². The topological polar surface area (TPSA) is 64.7 Å². The average Bonchev–Trinajstić information content (AvgIpc) is 2.41. The molecule has 0 atom stereocenters. The van der Waals surface area contributed by atoms with Gasteiger partial charge in [-0.3, -0.25) is 4.98 Å². The van der Waals surface area contributed by atoms with Crippen molar-refractivity contribution in [3.05, 3.63) is 47.2 Å². The number of nitrogen functional groups attached to an aromatic ring is 1. The van der Waals surface area contributed by atoms with E-state index >= 15 is 0 Å². The zero-order valence-electron chi connectivity index (χ0n) is 9.34. The summed E-state index contributed by atoms with van der Waals surface area (Å²) < 4.78 is 0.699. The van der Waals surface area contributed by atoms with Crippen LogP contribution in [-0.2, 0) is 0 Å². The molecule has 2 N–H and O–H groups in total. The number of nitrogens with two attached hydrogens (primary N) is 1. The molecule has 1 aromatic carbocycles. The highest BCUT2D eigenvalue weighted by molar-refractivity contribution is 9.10. The molecule has 0 amide bonds. The first-order valence-corrected chi connectivity index (χ1v) is 6.17. The fraction of sp³-hybridized carbons (Fsp3) is 0. The van der Waals surface area contributed by atoms with Gasteiger partial charge >= 0.3 is 0 Å². The molecule has 0 saturated heterocycles. The third-order valence-electron chi connectivity index (χ3n) is 2.66. The zero-order valence-corrected chi connectivity index (χ0v) is 10.9. The van der Waals surface area contributed by atoms with Crippen molar-refractivity contribution < 1.29 is 0 Å². The second-order valence-corrected chi connectivity index (χ2v) is 4.66. The quantitative estimate of drug-likeness (QED) is 0.750. The van der Waals surface area contributed by atoms with E-state index in [4.69, 9.17) is 5.73 Å². The van der Waals surface area contributed by atoms with Gasteiger partial charge in [-0.05, 0) is 28.1 Å². The van der Waals surface area contributed by atoms with Crippen LogP contribution in [0.25, 0.3) is 22.3 Å². The van der Waals surface area contributed by atoms with E-state index in [-0.39, 0.29) is 0 Å². The Morgan fingerprint density at radius 1 is 1.06 bits per heavy atom. The summed E-state index contributed by atoms with van der Waals surface area (Å²) in [5, 5.41) is 1.02. The molecule has 2 heterocycles. The predicted octanol–water partition coefficient (Wildman–Crippen LogP) is 3.04. The van der Waals surface area contributed by atoms with Crippen LogP contribution in [-0.4, -0.2) is 15.0 Å². The summed E-state index contributed by atoms with van der Waals surface area (Å²) in [6.07, 6.45) is 3.41. The molecule has 88 valence electrons. The summed E-state index contributed by atoms with van der Waals surface area (Å²) in [7, 11) is 0. The van der Waals surface area contributed by atoms with Crippen molar-refractivity contribution in [2.45, 2.75) is 0 Å². The smallest absolute Gasteiger partial charge is 0.162 e. The Kier molecular flexibility index (Phi) is 2.68. The summed E-state index contributed by atoms with van der Waals surface area (Å²) in [4.78, 5) is 12.9. The number of pyridine rings is 1. The number of anilines is 1. The maximum atomic E-state index is 5.79. The normalized spacial score (nSPS) is 10.7. The Balaban J connectivity index is 2.28. The number of nitrogens with zero attached hydrogens (tertiary/aromatic N) is 3. The SMILES string of the molecule is Nc1nc(-c2ccnc3ccccc23)ncc1Br. The molecule has 0 bridgehead atoms. The lowest BCUT2D eigenvalue weighted by molar-refractivity contribution is 1.17. The summed E-state index contributed by atoms with van der Waals surface area (Å²) in [6, 6.07) is 9.77. The fourth-order valence-corrected chi connectivity index (χ4v) is 1.99. The standard InChI is InChI=1S/C13H9BrN4/c14-10-7-17-13(18-12(10)15)9-5-6-16-11-4-2-1-3-8(9)11/h1-7H,(H2,15,17,18). The van der Waals surface area contributed by atoms with Crippen molar-refractivity contribution in [1.29, 1.82) is 0 Å². The van der Waals surface area contributed by atoms with Gasteiger partial charge in [-0.2, -0.15) is 0 Å². The van der Waals surface area contributed by atoms with Gasteiger partial charge in [0, 0.05) is 23.3 Å². The van der Waals surface area contributed by atoms with Crippen LogP contribution in [0.2, 0.25) is 0 Å². The molecule has 0 aliphatic carbocycles. The Hall–Kier alpha value is -2.01. The van der Waals surface area contributed by atoms with Gasteiger partial charge in [-0.15, -0.1) is 0 Å².